The van der Waals surface area contributed by atoms with Gasteiger partial charge in [-0.05, 0) is 44.2 Å². The fraction of sp³-hybridized carbons (Fsp3) is 0.611. The number of amides is 1. The second kappa shape index (κ2) is 7.47. The lowest BCUT2D eigenvalue weighted by Crippen LogP contribution is -2.45. The first-order valence-corrected chi connectivity index (χ1v) is 10.3. The molecule has 1 aromatic carbocycles. The number of sulfone groups is 1. The molecule has 2 atom stereocenters. The SMILES string of the molecule is CCN(C(=O)[C@H]1CCCc2ccccc21)[C@@H](C)CS(=O)(=O)CC. The molecule has 0 aliphatic heterocycles. The Morgan fingerprint density at radius 3 is 2.65 bits per heavy atom. The van der Waals surface area contributed by atoms with Crippen LogP contribution >= 0.6 is 0 Å². The molecule has 0 aromatic heterocycles. The predicted octanol–water partition coefficient (Wildman–Crippen LogP) is 2.78. The van der Waals surface area contributed by atoms with Crippen LogP contribution in [0.2, 0.25) is 0 Å². The maximum absolute atomic E-state index is 13.0. The van der Waals surface area contributed by atoms with Gasteiger partial charge in [0.15, 0.2) is 9.84 Å². The van der Waals surface area contributed by atoms with Gasteiger partial charge in [0.25, 0.3) is 0 Å². The van der Waals surface area contributed by atoms with Crippen molar-refractivity contribution in [3.63, 3.8) is 0 Å². The number of likely N-dealkylation sites (N-methyl/N-ethyl adjacent to an activating group) is 1. The van der Waals surface area contributed by atoms with Crippen molar-refractivity contribution in [2.75, 3.05) is 18.1 Å². The molecule has 0 saturated carbocycles. The van der Waals surface area contributed by atoms with Crippen molar-refractivity contribution in [3.05, 3.63) is 35.4 Å². The molecule has 0 fully saturated rings. The van der Waals surface area contributed by atoms with Crippen molar-refractivity contribution in [3.8, 4) is 0 Å². The van der Waals surface area contributed by atoms with E-state index in [1.54, 1.807) is 11.8 Å². The van der Waals surface area contributed by atoms with Crippen molar-refractivity contribution in [2.45, 2.75) is 52.0 Å². The van der Waals surface area contributed by atoms with Gasteiger partial charge in [-0.3, -0.25) is 4.79 Å². The minimum Gasteiger partial charge on any atom is -0.339 e. The molecule has 0 N–H and O–H groups in total. The minimum absolute atomic E-state index is 0.0391. The van der Waals surface area contributed by atoms with Crippen LogP contribution in [0.5, 0.6) is 0 Å². The number of fused-ring (bicyclic) bond motifs is 1. The van der Waals surface area contributed by atoms with Crippen LogP contribution in [0.1, 0.15) is 50.7 Å². The van der Waals surface area contributed by atoms with Gasteiger partial charge in [0.1, 0.15) is 0 Å². The highest BCUT2D eigenvalue weighted by atomic mass is 32.2. The van der Waals surface area contributed by atoms with Crippen molar-refractivity contribution >= 4 is 15.7 Å². The van der Waals surface area contributed by atoms with E-state index in [0.717, 1.165) is 24.8 Å². The Hall–Kier alpha value is -1.36. The molecule has 4 nitrogen and oxygen atoms in total. The van der Waals surface area contributed by atoms with E-state index < -0.39 is 9.84 Å². The summed E-state index contributed by atoms with van der Waals surface area (Å²) in [5, 5.41) is 0. The molecule has 0 unspecified atom stereocenters. The van der Waals surface area contributed by atoms with Gasteiger partial charge in [0, 0.05) is 18.3 Å². The molecule has 0 radical (unpaired) electrons. The first kappa shape index (κ1) is 18.0. The molecule has 2 rings (SSSR count). The summed E-state index contributed by atoms with van der Waals surface area (Å²) in [6.07, 6.45) is 2.87. The normalized spacial score (nSPS) is 19.0. The number of nitrogens with zero attached hydrogens (tertiary/aromatic N) is 1. The molecule has 5 heteroatoms. The summed E-state index contributed by atoms with van der Waals surface area (Å²) in [5.74, 6) is 0.0948. The maximum Gasteiger partial charge on any atom is 0.230 e. The third-order valence-electron chi connectivity index (χ3n) is 4.76. The first-order chi connectivity index (χ1) is 10.9. The smallest absolute Gasteiger partial charge is 0.230 e. The van der Waals surface area contributed by atoms with Crippen molar-refractivity contribution in [1.29, 1.82) is 0 Å². The quantitative estimate of drug-likeness (QED) is 0.802. The van der Waals surface area contributed by atoms with E-state index in [-0.39, 0.29) is 29.4 Å². The highest BCUT2D eigenvalue weighted by Crippen LogP contribution is 2.33. The van der Waals surface area contributed by atoms with E-state index in [0.29, 0.717) is 6.54 Å². The van der Waals surface area contributed by atoms with E-state index in [1.807, 2.05) is 32.0 Å². The number of rotatable bonds is 6. The van der Waals surface area contributed by atoms with Crippen LogP contribution in [0.25, 0.3) is 0 Å². The second-order valence-corrected chi connectivity index (χ2v) is 8.71. The summed E-state index contributed by atoms with van der Waals surface area (Å²) < 4.78 is 23.8. The van der Waals surface area contributed by atoms with Gasteiger partial charge >= 0.3 is 0 Å². The molecule has 23 heavy (non-hydrogen) atoms. The molecule has 1 aliphatic rings. The van der Waals surface area contributed by atoms with Crippen molar-refractivity contribution in [2.24, 2.45) is 0 Å². The van der Waals surface area contributed by atoms with Crippen LogP contribution in [0.3, 0.4) is 0 Å². The number of carbonyl (C=O) groups is 1. The summed E-state index contributed by atoms with van der Waals surface area (Å²) in [6, 6.07) is 7.84. The zero-order valence-corrected chi connectivity index (χ0v) is 15.1. The van der Waals surface area contributed by atoms with Crippen molar-refractivity contribution < 1.29 is 13.2 Å². The molecule has 1 aliphatic carbocycles. The topological polar surface area (TPSA) is 54.5 Å². The summed E-state index contributed by atoms with van der Waals surface area (Å²) in [4.78, 5) is 14.8. The van der Waals surface area contributed by atoms with Gasteiger partial charge in [-0.1, -0.05) is 31.2 Å². The highest BCUT2D eigenvalue weighted by molar-refractivity contribution is 7.91. The van der Waals surface area contributed by atoms with Gasteiger partial charge in [0.05, 0.1) is 11.7 Å². The number of hydrogen-bond acceptors (Lipinski definition) is 3. The molecule has 1 aromatic rings. The number of carbonyl (C=O) groups excluding carboxylic acids is 1. The Balaban J connectivity index is 2.21. The summed E-state index contributed by atoms with van der Waals surface area (Å²) in [7, 11) is -3.09. The molecular formula is C18H27NO3S. The van der Waals surface area contributed by atoms with E-state index in [9.17, 15) is 13.2 Å². The third kappa shape index (κ3) is 4.14. The van der Waals surface area contributed by atoms with Crippen LogP contribution in [0, 0.1) is 0 Å². The van der Waals surface area contributed by atoms with E-state index in [4.69, 9.17) is 0 Å². The molecule has 0 bridgehead atoms. The van der Waals surface area contributed by atoms with Crippen LogP contribution in [0.15, 0.2) is 24.3 Å². The standard InChI is InChI=1S/C18H27NO3S/c1-4-19(14(3)13-23(21,22)5-2)18(20)17-12-8-10-15-9-6-7-11-16(15)17/h6-7,9,11,14,17H,4-5,8,10,12-13H2,1-3H3/t14-,17-/m0/s1. The van der Waals surface area contributed by atoms with Crippen LogP contribution in [-0.2, 0) is 21.1 Å². The van der Waals surface area contributed by atoms with Crippen LogP contribution in [0.4, 0.5) is 0 Å². The Morgan fingerprint density at radius 1 is 1.30 bits per heavy atom. The summed E-state index contributed by atoms with van der Waals surface area (Å²) in [6.45, 7) is 5.94. The Kier molecular flexibility index (Phi) is 5.84. The molecule has 1 amide bonds. The molecule has 0 saturated heterocycles. The molecule has 0 spiro atoms. The fourth-order valence-corrected chi connectivity index (χ4v) is 4.62. The first-order valence-electron chi connectivity index (χ1n) is 8.48. The van der Waals surface area contributed by atoms with Gasteiger partial charge < -0.3 is 4.90 Å². The predicted molar refractivity (Wildman–Crippen MR) is 93.3 cm³/mol. The maximum atomic E-state index is 13.0. The number of hydrogen-bond donors (Lipinski definition) is 0. The monoisotopic (exact) mass is 337 g/mol. The van der Waals surface area contributed by atoms with Gasteiger partial charge in [-0.25, -0.2) is 8.42 Å². The van der Waals surface area contributed by atoms with E-state index in [1.165, 1.54) is 5.56 Å². The fourth-order valence-electron chi connectivity index (χ4n) is 3.47. The lowest BCUT2D eigenvalue weighted by Gasteiger charge is -2.34. The lowest BCUT2D eigenvalue weighted by atomic mass is 9.82. The van der Waals surface area contributed by atoms with Crippen LogP contribution in [-0.4, -0.2) is 43.3 Å². The largest absolute Gasteiger partial charge is 0.339 e. The zero-order valence-electron chi connectivity index (χ0n) is 14.3. The molecule has 0 heterocycles. The minimum atomic E-state index is -3.09. The summed E-state index contributed by atoms with van der Waals surface area (Å²) in [5.41, 5.74) is 2.37. The van der Waals surface area contributed by atoms with Gasteiger partial charge in [-0.15, -0.1) is 0 Å². The number of benzene rings is 1. The lowest BCUT2D eigenvalue weighted by molar-refractivity contribution is -0.134. The Morgan fingerprint density at radius 2 is 2.00 bits per heavy atom. The van der Waals surface area contributed by atoms with E-state index >= 15 is 0 Å². The average molecular weight is 337 g/mol. The van der Waals surface area contributed by atoms with E-state index in [2.05, 4.69) is 6.07 Å². The van der Waals surface area contributed by atoms with Crippen LogP contribution < -0.4 is 0 Å². The zero-order chi connectivity index (χ0) is 17.0. The third-order valence-corrected chi connectivity index (χ3v) is 6.63. The number of aryl methyl sites for hydroxylation is 1. The Bertz CT molecular complexity index is 654. The molecule has 128 valence electrons. The highest BCUT2D eigenvalue weighted by Gasteiger charge is 2.32. The second-order valence-electron chi connectivity index (χ2n) is 6.32. The summed E-state index contributed by atoms with van der Waals surface area (Å²) >= 11 is 0. The average Bonchev–Trinajstić information content (AvgIpc) is 2.54. The molecular weight excluding hydrogens is 310 g/mol. The van der Waals surface area contributed by atoms with Gasteiger partial charge in [0.2, 0.25) is 5.91 Å². The van der Waals surface area contributed by atoms with Gasteiger partial charge in [-0.2, -0.15) is 0 Å². The van der Waals surface area contributed by atoms with Crippen molar-refractivity contribution in [1.82, 2.24) is 4.90 Å². The Labute approximate surface area is 139 Å².